The van der Waals surface area contributed by atoms with E-state index in [2.05, 4.69) is 27.5 Å². The summed E-state index contributed by atoms with van der Waals surface area (Å²) in [5.41, 5.74) is 2.11. The van der Waals surface area contributed by atoms with Gasteiger partial charge in [-0.3, -0.25) is 5.10 Å². The van der Waals surface area contributed by atoms with Crippen molar-refractivity contribution in [3.05, 3.63) is 47.7 Å². The first-order valence-corrected chi connectivity index (χ1v) is 6.95. The fraction of sp³-hybridized carbons (Fsp3) is 0.231. The Balaban J connectivity index is 1.72. The smallest absolute Gasteiger partial charge is 0.262 e. The van der Waals surface area contributed by atoms with Gasteiger partial charge in [-0.1, -0.05) is 30.3 Å². The summed E-state index contributed by atoms with van der Waals surface area (Å²) < 4.78 is 5.47. The number of nitrogens with zero attached hydrogens (tertiary/aromatic N) is 2. The lowest BCUT2D eigenvalue weighted by Gasteiger charge is -2.13. The summed E-state index contributed by atoms with van der Waals surface area (Å²) in [6.07, 6.45) is 1.71. The van der Waals surface area contributed by atoms with Crippen LogP contribution in [0.15, 0.2) is 46.7 Å². The number of nitrogens with one attached hydrogen (secondary N) is 1. The molecular weight excluding hydrogens is 262 g/mol. The van der Waals surface area contributed by atoms with Crippen molar-refractivity contribution in [1.29, 1.82) is 0 Å². The van der Waals surface area contributed by atoms with Gasteiger partial charge in [0.05, 0.1) is 11.8 Å². The molecule has 3 rings (SSSR count). The standard InChI is InChI=1S/C13H13N3O2S/c1-2-4-10(5-3-1)9-19-13-11(8-14-15-13)12-16-18-7-6-17-12/h1-5,8H,6-7,9H2,(H,14,15). The van der Waals surface area contributed by atoms with Crippen molar-refractivity contribution in [2.24, 2.45) is 5.16 Å². The molecule has 1 N–H and O–H groups in total. The molecule has 0 amide bonds. The summed E-state index contributed by atoms with van der Waals surface area (Å²) in [7, 11) is 0. The quantitative estimate of drug-likeness (QED) is 0.870. The number of hydrogen-bond donors (Lipinski definition) is 1. The molecule has 0 spiro atoms. The summed E-state index contributed by atoms with van der Waals surface area (Å²) in [6.45, 7) is 1.01. The van der Waals surface area contributed by atoms with Crippen LogP contribution < -0.4 is 0 Å². The normalized spacial score (nSPS) is 14.4. The van der Waals surface area contributed by atoms with E-state index in [-0.39, 0.29) is 0 Å². The van der Waals surface area contributed by atoms with Crippen molar-refractivity contribution in [2.75, 3.05) is 13.2 Å². The molecule has 2 aromatic rings. The zero-order chi connectivity index (χ0) is 12.9. The van der Waals surface area contributed by atoms with Gasteiger partial charge in [0.15, 0.2) is 6.61 Å². The Bertz CT molecular complexity index is 568. The molecule has 0 saturated heterocycles. The number of thioether (sulfide) groups is 1. The minimum absolute atomic E-state index is 0.494. The van der Waals surface area contributed by atoms with Crippen molar-refractivity contribution in [1.82, 2.24) is 10.2 Å². The Morgan fingerprint density at radius 1 is 1.21 bits per heavy atom. The molecular formula is C13H13N3O2S. The molecule has 0 unspecified atom stereocenters. The van der Waals surface area contributed by atoms with Gasteiger partial charge in [-0.25, -0.2) is 0 Å². The van der Waals surface area contributed by atoms with Crippen molar-refractivity contribution >= 4 is 17.7 Å². The number of aromatic nitrogens is 2. The van der Waals surface area contributed by atoms with Crippen molar-refractivity contribution in [3.8, 4) is 0 Å². The van der Waals surface area contributed by atoms with Crippen LogP contribution in [0.2, 0.25) is 0 Å². The first-order valence-electron chi connectivity index (χ1n) is 5.97. The summed E-state index contributed by atoms with van der Waals surface area (Å²) in [5.74, 6) is 1.36. The molecule has 1 aliphatic rings. The average molecular weight is 275 g/mol. The van der Waals surface area contributed by atoms with E-state index < -0.39 is 0 Å². The van der Waals surface area contributed by atoms with Gasteiger partial charge in [0.2, 0.25) is 0 Å². The lowest BCUT2D eigenvalue weighted by atomic mass is 10.2. The molecule has 0 bridgehead atoms. The highest BCUT2D eigenvalue weighted by molar-refractivity contribution is 7.98. The van der Waals surface area contributed by atoms with Gasteiger partial charge in [-0.2, -0.15) is 5.10 Å². The van der Waals surface area contributed by atoms with Crippen molar-refractivity contribution in [2.45, 2.75) is 10.8 Å². The van der Waals surface area contributed by atoms with Crippen LogP contribution in [0, 0.1) is 0 Å². The van der Waals surface area contributed by atoms with Crippen LogP contribution >= 0.6 is 11.8 Å². The van der Waals surface area contributed by atoms with Gasteiger partial charge < -0.3 is 9.57 Å². The number of hydrogen-bond acceptors (Lipinski definition) is 5. The van der Waals surface area contributed by atoms with Crippen molar-refractivity contribution in [3.63, 3.8) is 0 Å². The largest absolute Gasteiger partial charge is 0.471 e. The molecule has 0 aliphatic carbocycles. The van der Waals surface area contributed by atoms with E-state index in [1.165, 1.54) is 5.56 Å². The Labute approximate surface area is 115 Å². The van der Waals surface area contributed by atoms with Crippen LogP contribution in [0.4, 0.5) is 0 Å². The first kappa shape index (κ1) is 12.1. The van der Waals surface area contributed by atoms with Crippen LogP contribution in [-0.4, -0.2) is 29.3 Å². The second-order valence-electron chi connectivity index (χ2n) is 3.97. The van der Waals surface area contributed by atoms with Crippen LogP contribution in [-0.2, 0) is 15.3 Å². The monoisotopic (exact) mass is 275 g/mol. The molecule has 0 radical (unpaired) electrons. The number of H-pyrrole nitrogens is 1. The highest BCUT2D eigenvalue weighted by atomic mass is 32.2. The maximum Gasteiger partial charge on any atom is 0.262 e. The number of rotatable bonds is 4. The molecule has 98 valence electrons. The third kappa shape index (κ3) is 2.90. The topological polar surface area (TPSA) is 59.5 Å². The zero-order valence-electron chi connectivity index (χ0n) is 10.2. The van der Waals surface area contributed by atoms with Crippen LogP contribution in [0.25, 0.3) is 0 Å². The van der Waals surface area contributed by atoms with Gasteiger partial charge in [-0.05, 0) is 10.7 Å². The molecule has 2 heterocycles. The molecule has 5 nitrogen and oxygen atoms in total. The Morgan fingerprint density at radius 2 is 2.11 bits per heavy atom. The van der Waals surface area contributed by atoms with Gasteiger partial charge in [0.25, 0.3) is 5.90 Å². The molecule has 1 aromatic heterocycles. The van der Waals surface area contributed by atoms with E-state index in [1.54, 1.807) is 18.0 Å². The van der Waals surface area contributed by atoms with Crippen molar-refractivity contribution < 1.29 is 9.57 Å². The van der Waals surface area contributed by atoms with Crippen LogP contribution in [0.5, 0.6) is 0 Å². The molecule has 1 aromatic carbocycles. The fourth-order valence-electron chi connectivity index (χ4n) is 1.70. The third-order valence-electron chi connectivity index (χ3n) is 2.62. The molecule has 0 atom stereocenters. The minimum Gasteiger partial charge on any atom is -0.471 e. The van der Waals surface area contributed by atoms with Gasteiger partial charge in [0, 0.05) is 5.75 Å². The predicted octanol–water partition coefficient (Wildman–Crippen LogP) is 2.41. The van der Waals surface area contributed by atoms with E-state index in [0.29, 0.717) is 19.1 Å². The number of benzene rings is 1. The summed E-state index contributed by atoms with van der Waals surface area (Å²) in [5, 5.41) is 11.9. The van der Waals surface area contributed by atoms with E-state index in [0.717, 1.165) is 16.3 Å². The van der Waals surface area contributed by atoms with Gasteiger partial charge in [0.1, 0.15) is 11.6 Å². The maximum atomic E-state index is 5.47. The van der Waals surface area contributed by atoms with Gasteiger partial charge >= 0.3 is 0 Å². The Hall–Kier alpha value is -1.95. The van der Waals surface area contributed by atoms with Crippen LogP contribution in [0.3, 0.4) is 0 Å². The molecule has 0 fully saturated rings. The van der Waals surface area contributed by atoms with E-state index >= 15 is 0 Å². The minimum atomic E-state index is 0.494. The zero-order valence-corrected chi connectivity index (χ0v) is 11.0. The van der Waals surface area contributed by atoms with E-state index in [9.17, 15) is 0 Å². The number of aromatic amines is 1. The SMILES string of the molecule is c1ccc(CSc2[nH]ncc2C2=NOCCO2)cc1. The Kier molecular flexibility index (Phi) is 3.69. The lowest BCUT2D eigenvalue weighted by molar-refractivity contribution is 0.0653. The second-order valence-corrected chi connectivity index (χ2v) is 4.95. The van der Waals surface area contributed by atoms with Gasteiger partial charge in [-0.15, -0.1) is 11.8 Å². The Morgan fingerprint density at radius 3 is 2.89 bits per heavy atom. The molecule has 6 heteroatoms. The highest BCUT2D eigenvalue weighted by Crippen LogP contribution is 2.25. The van der Waals surface area contributed by atoms with E-state index in [1.807, 2.05) is 18.2 Å². The average Bonchev–Trinajstić information content (AvgIpc) is 2.95. The number of ether oxygens (including phenoxy) is 1. The fourth-order valence-corrected chi connectivity index (χ4v) is 2.62. The highest BCUT2D eigenvalue weighted by Gasteiger charge is 2.17. The first-order chi connectivity index (χ1) is 9.43. The predicted molar refractivity (Wildman–Crippen MR) is 73.0 cm³/mol. The second kappa shape index (κ2) is 5.79. The molecule has 1 aliphatic heterocycles. The number of oxime groups is 1. The third-order valence-corrected chi connectivity index (χ3v) is 3.70. The maximum absolute atomic E-state index is 5.47. The molecule has 0 saturated carbocycles. The van der Waals surface area contributed by atoms with E-state index in [4.69, 9.17) is 9.57 Å². The summed E-state index contributed by atoms with van der Waals surface area (Å²) in [6, 6.07) is 10.3. The molecule has 19 heavy (non-hydrogen) atoms. The van der Waals surface area contributed by atoms with Crippen LogP contribution in [0.1, 0.15) is 11.1 Å². The summed E-state index contributed by atoms with van der Waals surface area (Å²) in [4.78, 5) is 5.04. The lowest BCUT2D eigenvalue weighted by Crippen LogP contribution is -2.17. The summed E-state index contributed by atoms with van der Waals surface area (Å²) >= 11 is 1.67.